The number of hydrogen-bond acceptors (Lipinski definition) is 11. The predicted octanol–water partition coefficient (Wildman–Crippen LogP) is 5.46. The van der Waals surface area contributed by atoms with E-state index >= 15 is 0 Å². The Bertz CT molecular complexity index is 1700. The molecule has 2 unspecified atom stereocenters. The molecule has 11 nitrogen and oxygen atoms in total. The lowest BCUT2D eigenvalue weighted by molar-refractivity contribution is -0.605. The third-order valence-electron chi connectivity index (χ3n) is 7.01. The Labute approximate surface area is 280 Å². The molecule has 0 radical (unpaired) electrons. The van der Waals surface area contributed by atoms with Gasteiger partial charge in [-0.05, 0) is 48.6 Å². The molecule has 5 rings (SSSR count). The van der Waals surface area contributed by atoms with Crippen molar-refractivity contribution in [3.05, 3.63) is 74.0 Å². The number of benzene rings is 1. The highest BCUT2D eigenvalue weighted by Gasteiger charge is 2.43. The van der Waals surface area contributed by atoms with Gasteiger partial charge in [-0.2, -0.15) is 17.8 Å². The standard InChI is InChI=1S/C28H26Cl2F2N2O9S3/c1-40-26(35)23-6-7-24(45-23)46(38,39)34-8-9-44-25(34)27(36)42-21(11-17-18(29)12-33(37)13-19(17)30)16-4-5-20(43-28(31)32)22(10-16)41-14-15-2-3-15/h4-7,10,12-13,15,21,25,28H,2-3,8-9,11,14H2,1H3. The number of thioether (sulfide) groups is 1. The first-order chi connectivity index (χ1) is 21.9. The number of esters is 2. The highest BCUT2D eigenvalue weighted by molar-refractivity contribution is 8.02. The fourth-order valence-corrected chi connectivity index (χ4v) is 9.53. The molecule has 46 heavy (non-hydrogen) atoms. The van der Waals surface area contributed by atoms with Crippen LogP contribution in [0.5, 0.6) is 11.5 Å². The van der Waals surface area contributed by atoms with Crippen LogP contribution in [-0.2, 0) is 30.7 Å². The lowest BCUT2D eigenvalue weighted by Gasteiger charge is -2.25. The molecule has 1 saturated carbocycles. The van der Waals surface area contributed by atoms with Crippen LogP contribution in [0.4, 0.5) is 8.78 Å². The average Bonchev–Trinajstić information content (AvgIpc) is 3.45. The average molecular weight is 740 g/mol. The van der Waals surface area contributed by atoms with E-state index in [0.717, 1.165) is 41.3 Å². The van der Waals surface area contributed by atoms with E-state index in [-0.39, 0.29) is 73.0 Å². The Morgan fingerprint density at radius 2 is 1.85 bits per heavy atom. The number of alkyl halides is 2. The molecule has 0 N–H and O–H groups in total. The SMILES string of the molecule is COC(=O)c1ccc(S(=O)(=O)N2CCSC2C(=O)OC(Cc2c(Cl)c[n+]([O-])cc2Cl)c2ccc(OC(F)F)c(OCC3CC3)c2)s1. The van der Waals surface area contributed by atoms with Crippen LogP contribution in [0.25, 0.3) is 0 Å². The molecule has 1 aliphatic heterocycles. The van der Waals surface area contributed by atoms with E-state index in [0.29, 0.717) is 16.1 Å². The number of ether oxygens (including phenoxy) is 4. The van der Waals surface area contributed by atoms with E-state index in [1.165, 1.54) is 37.4 Å². The molecule has 3 aromatic rings. The van der Waals surface area contributed by atoms with Gasteiger partial charge in [0.05, 0.1) is 13.7 Å². The summed E-state index contributed by atoms with van der Waals surface area (Å²) in [6.45, 7) is -2.87. The summed E-state index contributed by atoms with van der Waals surface area (Å²) in [4.78, 5) is 25.7. The number of sulfonamides is 1. The number of thiophene rings is 1. The second-order valence-electron chi connectivity index (χ2n) is 10.2. The number of aromatic nitrogens is 1. The van der Waals surface area contributed by atoms with Gasteiger partial charge in [-0.1, -0.05) is 29.3 Å². The second kappa shape index (κ2) is 14.5. The van der Waals surface area contributed by atoms with Crippen LogP contribution in [0.15, 0.2) is 46.9 Å². The van der Waals surface area contributed by atoms with E-state index in [1.54, 1.807) is 0 Å². The zero-order chi connectivity index (χ0) is 33.2. The number of carbonyl (C=O) groups is 2. The van der Waals surface area contributed by atoms with Gasteiger partial charge in [0.2, 0.25) is 0 Å². The Morgan fingerprint density at radius 1 is 1.13 bits per heavy atom. The van der Waals surface area contributed by atoms with Crippen molar-refractivity contribution < 1.29 is 50.5 Å². The third kappa shape index (κ3) is 7.97. The largest absolute Gasteiger partial charge is 0.619 e. The van der Waals surface area contributed by atoms with Crippen LogP contribution in [0.2, 0.25) is 10.0 Å². The van der Waals surface area contributed by atoms with Crippen LogP contribution in [0, 0.1) is 11.1 Å². The van der Waals surface area contributed by atoms with Crippen LogP contribution >= 0.6 is 46.3 Å². The van der Waals surface area contributed by atoms with Crippen molar-refractivity contribution >= 4 is 68.3 Å². The molecule has 248 valence electrons. The molecule has 1 aromatic carbocycles. The molecule has 2 fully saturated rings. The first-order valence-corrected chi connectivity index (χ1v) is 17.7. The number of halogens is 4. The lowest BCUT2D eigenvalue weighted by atomic mass is 10.0. The van der Waals surface area contributed by atoms with Crippen molar-refractivity contribution in [2.75, 3.05) is 26.0 Å². The fourth-order valence-electron chi connectivity index (χ4n) is 4.53. The van der Waals surface area contributed by atoms with Crippen LogP contribution in [-0.4, -0.2) is 62.7 Å². The molecular formula is C28H26Cl2F2N2O9S3. The first kappa shape index (κ1) is 34.4. The van der Waals surface area contributed by atoms with Crippen molar-refractivity contribution in [3.63, 3.8) is 0 Å². The van der Waals surface area contributed by atoms with Gasteiger partial charge in [0.25, 0.3) is 10.0 Å². The normalized spacial score (nSPS) is 17.6. The zero-order valence-electron chi connectivity index (χ0n) is 23.9. The van der Waals surface area contributed by atoms with E-state index < -0.39 is 40.1 Å². The minimum Gasteiger partial charge on any atom is -0.619 e. The Hall–Kier alpha value is -2.89. The van der Waals surface area contributed by atoms with Crippen LogP contribution in [0.3, 0.4) is 0 Å². The minimum absolute atomic E-state index is 0.00745. The van der Waals surface area contributed by atoms with E-state index in [9.17, 15) is 32.0 Å². The molecule has 0 amide bonds. The smallest absolute Gasteiger partial charge is 0.387 e. The van der Waals surface area contributed by atoms with E-state index in [4.69, 9.17) is 32.7 Å². The fraction of sp³-hybridized carbons (Fsp3) is 0.393. The Morgan fingerprint density at radius 3 is 2.50 bits per heavy atom. The summed E-state index contributed by atoms with van der Waals surface area (Å²) in [5.74, 6) is -1.30. The maximum atomic E-state index is 13.7. The molecule has 1 saturated heterocycles. The van der Waals surface area contributed by atoms with E-state index in [1.807, 2.05) is 0 Å². The summed E-state index contributed by atoms with van der Waals surface area (Å²) in [6, 6.07) is 6.62. The summed E-state index contributed by atoms with van der Waals surface area (Å²) in [6.07, 6.45) is 2.64. The zero-order valence-corrected chi connectivity index (χ0v) is 27.9. The number of methoxy groups -OCH3 is 1. The van der Waals surface area contributed by atoms with Gasteiger partial charge in [0.1, 0.15) is 25.2 Å². The first-order valence-electron chi connectivity index (χ1n) is 13.7. The van der Waals surface area contributed by atoms with Gasteiger partial charge in [-0.25, -0.2) is 18.0 Å². The predicted molar refractivity (Wildman–Crippen MR) is 165 cm³/mol. The van der Waals surface area contributed by atoms with Gasteiger partial charge in [0.15, 0.2) is 29.3 Å². The Balaban J connectivity index is 1.46. The van der Waals surface area contributed by atoms with Crippen molar-refractivity contribution in [1.29, 1.82) is 0 Å². The topological polar surface area (TPSA) is 135 Å². The molecule has 0 bridgehead atoms. The minimum atomic E-state index is -4.23. The lowest BCUT2D eigenvalue weighted by Crippen LogP contribution is -2.40. The molecule has 3 heterocycles. The Kier molecular flexibility index (Phi) is 10.8. The van der Waals surface area contributed by atoms with Gasteiger partial charge < -0.3 is 24.2 Å². The highest BCUT2D eigenvalue weighted by atomic mass is 35.5. The quantitative estimate of drug-likeness (QED) is 0.126. The molecule has 2 aliphatic rings. The molecule has 2 aromatic heterocycles. The molecule has 2 atom stereocenters. The monoisotopic (exact) mass is 738 g/mol. The molecule has 0 spiro atoms. The number of nitrogens with zero attached hydrogens (tertiary/aromatic N) is 2. The number of hydrogen-bond donors (Lipinski definition) is 0. The van der Waals surface area contributed by atoms with Crippen LogP contribution in [0.1, 0.15) is 39.7 Å². The second-order valence-corrected chi connectivity index (χ2v) is 15.4. The van der Waals surface area contributed by atoms with Gasteiger partial charge in [-0.15, -0.1) is 23.1 Å². The number of carbonyl (C=O) groups excluding carboxylic acids is 2. The van der Waals surface area contributed by atoms with Crippen molar-refractivity contribution in [2.24, 2.45) is 5.92 Å². The summed E-state index contributed by atoms with van der Waals surface area (Å²) < 4.78 is 75.6. The van der Waals surface area contributed by atoms with Gasteiger partial charge in [-0.3, -0.25) is 0 Å². The molecular weight excluding hydrogens is 713 g/mol. The van der Waals surface area contributed by atoms with Gasteiger partial charge in [0, 0.05) is 24.3 Å². The van der Waals surface area contributed by atoms with Gasteiger partial charge >= 0.3 is 18.6 Å². The maximum Gasteiger partial charge on any atom is 0.387 e. The maximum absolute atomic E-state index is 13.7. The van der Waals surface area contributed by atoms with Crippen molar-refractivity contribution in [1.82, 2.24) is 4.31 Å². The number of pyridine rings is 1. The summed E-state index contributed by atoms with van der Waals surface area (Å²) in [5.41, 5.74) is 0.532. The summed E-state index contributed by atoms with van der Waals surface area (Å²) >= 11 is 14.4. The number of rotatable bonds is 13. The molecule has 1 aliphatic carbocycles. The third-order valence-corrected chi connectivity index (χ3v) is 12.4. The van der Waals surface area contributed by atoms with E-state index in [2.05, 4.69) is 9.47 Å². The summed E-state index contributed by atoms with van der Waals surface area (Å²) in [5, 5.41) is 10.5. The highest BCUT2D eigenvalue weighted by Crippen LogP contribution is 2.39. The van der Waals surface area contributed by atoms with Crippen molar-refractivity contribution in [2.45, 2.75) is 41.6 Å². The molecule has 18 heteroatoms. The van der Waals surface area contributed by atoms with Crippen molar-refractivity contribution in [3.8, 4) is 11.5 Å². The summed E-state index contributed by atoms with van der Waals surface area (Å²) in [7, 11) is -3.06. The van der Waals surface area contributed by atoms with Crippen LogP contribution < -0.4 is 14.2 Å².